The second-order valence-corrected chi connectivity index (χ2v) is 9.00. The van der Waals surface area contributed by atoms with E-state index in [-0.39, 0.29) is 11.6 Å². The number of aryl methyl sites for hydroxylation is 1. The van der Waals surface area contributed by atoms with Gasteiger partial charge in [0.15, 0.2) is 0 Å². The molecule has 4 rings (SSSR count). The third kappa shape index (κ3) is 4.52. The summed E-state index contributed by atoms with van der Waals surface area (Å²) >= 11 is 0. The number of carbonyl (C=O) groups excluding carboxylic acids is 2. The van der Waals surface area contributed by atoms with Gasteiger partial charge in [-0.15, -0.1) is 0 Å². The van der Waals surface area contributed by atoms with Crippen LogP contribution in [0.25, 0.3) is 0 Å². The highest BCUT2D eigenvalue weighted by Gasteiger charge is 2.35. The molecule has 1 heterocycles. The molecule has 2 aliphatic carbocycles. The Hall–Kier alpha value is -2.27. The van der Waals surface area contributed by atoms with Crippen molar-refractivity contribution in [1.29, 1.82) is 0 Å². The lowest BCUT2D eigenvalue weighted by Crippen LogP contribution is -2.30. The number of carbonyl (C=O) groups is 2. The van der Waals surface area contributed by atoms with Crippen LogP contribution in [0.3, 0.4) is 0 Å². The summed E-state index contributed by atoms with van der Waals surface area (Å²) in [6.07, 6.45) is 9.91. The minimum Gasteiger partial charge on any atom is -0.323 e. The molecular weight excluding hydrogens is 386 g/mol. The summed E-state index contributed by atoms with van der Waals surface area (Å²) in [6, 6.07) is 7.16. The maximum absolute atomic E-state index is 13.4. The van der Waals surface area contributed by atoms with Gasteiger partial charge in [-0.05, 0) is 25.4 Å². The molecule has 2 aliphatic rings. The second kappa shape index (κ2) is 9.90. The maximum Gasteiger partial charge on any atom is 0.214 e. The van der Waals surface area contributed by atoms with E-state index < -0.39 is 0 Å². The molecular formula is C26H35N3O2. The van der Waals surface area contributed by atoms with Gasteiger partial charge in [0.1, 0.15) is 17.2 Å². The Bertz CT molecular complexity index is 936. The largest absolute Gasteiger partial charge is 0.323 e. The van der Waals surface area contributed by atoms with Crippen molar-refractivity contribution in [2.24, 2.45) is 5.92 Å². The number of aromatic nitrogens is 2. The molecule has 1 fully saturated rings. The monoisotopic (exact) mass is 421 g/mol. The lowest BCUT2D eigenvalue weighted by molar-refractivity contribution is 0.0970. The zero-order valence-electron chi connectivity index (χ0n) is 19.0. The van der Waals surface area contributed by atoms with Crippen molar-refractivity contribution in [3.8, 4) is 0 Å². The number of fused-ring (bicyclic) bond motifs is 2. The Labute approximate surface area is 185 Å². The number of ketones is 2. The summed E-state index contributed by atoms with van der Waals surface area (Å²) < 4.78 is 2.06. The minimum absolute atomic E-state index is 0.0595. The van der Waals surface area contributed by atoms with Gasteiger partial charge in [-0.2, -0.15) is 0 Å². The fourth-order valence-corrected chi connectivity index (χ4v) is 5.26. The van der Waals surface area contributed by atoms with Crippen molar-refractivity contribution in [2.45, 2.75) is 71.8 Å². The van der Waals surface area contributed by atoms with Crippen molar-refractivity contribution in [3.05, 3.63) is 52.6 Å². The first-order valence-corrected chi connectivity index (χ1v) is 12.1. The van der Waals surface area contributed by atoms with Crippen molar-refractivity contribution in [3.63, 3.8) is 0 Å². The van der Waals surface area contributed by atoms with E-state index in [1.807, 2.05) is 12.1 Å². The van der Waals surface area contributed by atoms with E-state index in [1.54, 1.807) is 12.1 Å². The smallest absolute Gasteiger partial charge is 0.214 e. The number of benzene rings is 1. The van der Waals surface area contributed by atoms with E-state index in [9.17, 15) is 9.59 Å². The van der Waals surface area contributed by atoms with E-state index in [2.05, 4.69) is 23.3 Å². The van der Waals surface area contributed by atoms with Crippen LogP contribution < -0.4 is 0 Å². The van der Waals surface area contributed by atoms with Gasteiger partial charge in [-0.1, -0.05) is 76.6 Å². The number of hydrogen-bond donors (Lipinski definition) is 0. The SMILES string of the molecule is CCN(CC)CCn1c(CCCC2CCCCC2)nc2c1C(=O)c1ccccc1C2=O. The third-order valence-corrected chi connectivity index (χ3v) is 7.16. The lowest BCUT2D eigenvalue weighted by Gasteiger charge is -2.22. The van der Waals surface area contributed by atoms with Crippen molar-refractivity contribution in [2.75, 3.05) is 19.6 Å². The summed E-state index contributed by atoms with van der Waals surface area (Å²) in [7, 11) is 0. The van der Waals surface area contributed by atoms with Crippen LogP contribution in [0.15, 0.2) is 24.3 Å². The molecule has 0 amide bonds. The van der Waals surface area contributed by atoms with Gasteiger partial charge in [0.05, 0.1) is 0 Å². The molecule has 2 aromatic rings. The first-order valence-electron chi connectivity index (χ1n) is 12.1. The number of imidazole rings is 1. The van der Waals surface area contributed by atoms with E-state index in [0.717, 1.165) is 44.2 Å². The first-order chi connectivity index (χ1) is 15.1. The Balaban J connectivity index is 1.60. The van der Waals surface area contributed by atoms with Crippen LogP contribution in [0.4, 0.5) is 0 Å². The molecule has 0 bridgehead atoms. The van der Waals surface area contributed by atoms with Crippen LogP contribution >= 0.6 is 0 Å². The molecule has 0 atom stereocenters. The standard InChI is InChI=1S/C26H35N3O2/c1-3-28(4-2)17-18-29-22(16-10-13-19-11-6-5-7-12-19)27-23-24(29)26(31)21-15-9-8-14-20(21)25(23)30/h8-9,14-15,19H,3-7,10-13,16-18H2,1-2H3. The summed E-state index contributed by atoms with van der Waals surface area (Å²) in [5.74, 6) is 1.56. The average Bonchev–Trinajstić information content (AvgIpc) is 3.18. The second-order valence-electron chi connectivity index (χ2n) is 9.00. The predicted octanol–water partition coefficient (Wildman–Crippen LogP) is 4.90. The Kier molecular flexibility index (Phi) is 7.01. The normalized spacial score (nSPS) is 16.6. The molecule has 31 heavy (non-hydrogen) atoms. The van der Waals surface area contributed by atoms with E-state index >= 15 is 0 Å². The van der Waals surface area contributed by atoms with Gasteiger partial charge in [0, 0.05) is 30.6 Å². The van der Waals surface area contributed by atoms with Crippen molar-refractivity contribution in [1.82, 2.24) is 14.5 Å². The average molecular weight is 422 g/mol. The summed E-state index contributed by atoms with van der Waals surface area (Å²) in [5.41, 5.74) is 1.86. The quantitative estimate of drug-likeness (QED) is 0.493. The molecule has 0 N–H and O–H groups in total. The molecule has 0 unspecified atom stereocenters. The van der Waals surface area contributed by atoms with Gasteiger partial charge < -0.3 is 9.47 Å². The minimum atomic E-state index is -0.111. The lowest BCUT2D eigenvalue weighted by atomic mass is 9.86. The summed E-state index contributed by atoms with van der Waals surface area (Å²) in [5, 5.41) is 0. The Morgan fingerprint density at radius 3 is 2.35 bits per heavy atom. The molecule has 166 valence electrons. The van der Waals surface area contributed by atoms with Crippen LogP contribution in [-0.4, -0.2) is 45.7 Å². The molecule has 1 aromatic carbocycles. The molecule has 1 saturated carbocycles. The van der Waals surface area contributed by atoms with Crippen LogP contribution in [0.5, 0.6) is 0 Å². The number of likely N-dealkylation sites (N-methyl/N-ethyl adjacent to an activating group) is 1. The van der Waals surface area contributed by atoms with Crippen molar-refractivity contribution < 1.29 is 9.59 Å². The maximum atomic E-state index is 13.4. The van der Waals surface area contributed by atoms with Crippen LogP contribution in [0, 0.1) is 5.92 Å². The Morgan fingerprint density at radius 2 is 1.68 bits per heavy atom. The Morgan fingerprint density at radius 1 is 1.00 bits per heavy atom. The van der Waals surface area contributed by atoms with Gasteiger partial charge in [-0.25, -0.2) is 4.98 Å². The van der Waals surface area contributed by atoms with Crippen LogP contribution in [-0.2, 0) is 13.0 Å². The van der Waals surface area contributed by atoms with E-state index in [1.165, 1.54) is 38.5 Å². The molecule has 0 aliphatic heterocycles. The van der Waals surface area contributed by atoms with Crippen molar-refractivity contribution >= 4 is 11.6 Å². The highest BCUT2D eigenvalue weighted by atomic mass is 16.1. The van der Waals surface area contributed by atoms with Gasteiger partial charge in [-0.3, -0.25) is 9.59 Å². The zero-order valence-corrected chi connectivity index (χ0v) is 19.0. The van der Waals surface area contributed by atoms with Gasteiger partial charge >= 0.3 is 0 Å². The molecule has 1 aromatic heterocycles. The van der Waals surface area contributed by atoms with Crippen LogP contribution in [0.1, 0.15) is 96.7 Å². The highest BCUT2D eigenvalue weighted by molar-refractivity contribution is 6.27. The topological polar surface area (TPSA) is 55.2 Å². The molecule has 0 saturated heterocycles. The predicted molar refractivity (Wildman–Crippen MR) is 123 cm³/mol. The number of nitrogens with zero attached hydrogens (tertiary/aromatic N) is 3. The molecule has 0 radical (unpaired) electrons. The van der Waals surface area contributed by atoms with E-state index in [0.29, 0.717) is 29.1 Å². The fourth-order valence-electron chi connectivity index (χ4n) is 5.26. The van der Waals surface area contributed by atoms with Gasteiger partial charge in [0.2, 0.25) is 11.6 Å². The summed E-state index contributed by atoms with van der Waals surface area (Å²) in [6.45, 7) is 7.81. The fraction of sp³-hybridized carbons (Fsp3) is 0.577. The van der Waals surface area contributed by atoms with Gasteiger partial charge in [0.25, 0.3) is 0 Å². The number of rotatable bonds is 9. The molecule has 5 heteroatoms. The molecule has 5 nitrogen and oxygen atoms in total. The zero-order chi connectivity index (χ0) is 21.8. The summed E-state index contributed by atoms with van der Waals surface area (Å²) in [4.78, 5) is 33.6. The molecule has 0 spiro atoms. The number of hydrogen-bond acceptors (Lipinski definition) is 4. The highest BCUT2D eigenvalue weighted by Crippen LogP contribution is 2.30. The van der Waals surface area contributed by atoms with E-state index in [4.69, 9.17) is 4.98 Å². The first kappa shape index (κ1) is 21.9. The third-order valence-electron chi connectivity index (χ3n) is 7.16. The van der Waals surface area contributed by atoms with Crippen LogP contribution in [0.2, 0.25) is 0 Å².